The third-order valence-electron chi connectivity index (χ3n) is 1.46. The standard InChI is InChI=1S/C8H7BrClNO2/c1-13-8(12)7-5(3-9)2-6(10)4-11-7/h2,4H,3H2,1H3. The Morgan fingerprint density at radius 2 is 2.46 bits per heavy atom. The minimum atomic E-state index is -0.453. The minimum absolute atomic E-state index is 0.295. The summed E-state index contributed by atoms with van der Waals surface area (Å²) in [6.07, 6.45) is 1.42. The fourth-order valence-corrected chi connectivity index (χ4v) is 1.47. The first-order valence-electron chi connectivity index (χ1n) is 3.47. The molecule has 1 aromatic rings. The van der Waals surface area contributed by atoms with Crippen LogP contribution in [0.4, 0.5) is 0 Å². The highest BCUT2D eigenvalue weighted by Crippen LogP contribution is 2.16. The van der Waals surface area contributed by atoms with Crippen LogP contribution in [0, 0.1) is 0 Å². The van der Waals surface area contributed by atoms with Crippen molar-refractivity contribution in [1.29, 1.82) is 0 Å². The number of esters is 1. The number of carbonyl (C=O) groups excluding carboxylic acids is 1. The maximum Gasteiger partial charge on any atom is 0.356 e. The molecule has 0 bridgehead atoms. The number of rotatable bonds is 2. The molecule has 0 fully saturated rings. The SMILES string of the molecule is COC(=O)c1ncc(Cl)cc1CBr. The number of ether oxygens (including phenoxy) is 1. The van der Waals surface area contributed by atoms with Gasteiger partial charge in [-0.1, -0.05) is 27.5 Å². The summed E-state index contributed by atoms with van der Waals surface area (Å²) in [5.74, 6) is -0.453. The molecular formula is C8H7BrClNO2. The number of nitrogens with zero attached hydrogens (tertiary/aromatic N) is 1. The molecule has 13 heavy (non-hydrogen) atoms. The third-order valence-corrected chi connectivity index (χ3v) is 2.27. The van der Waals surface area contributed by atoms with Gasteiger partial charge in [-0.15, -0.1) is 0 Å². The summed E-state index contributed by atoms with van der Waals surface area (Å²) in [6.45, 7) is 0. The molecule has 0 atom stereocenters. The molecule has 0 amide bonds. The molecule has 0 N–H and O–H groups in total. The number of methoxy groups -OCH3 is 1. The van der Waals surface area contributed by atoms with Crippen molar-refractivity contribution in [2.24, 2.45) is 0 Å². The molecule has 1 heterocycles. The Balaban J connectivity index is 3.13. The van der Waals surface area contributed by atoms with Crippen LogP contribution >= 0.6 is 27.5 Å². The molecule has 5 heteroatoms. The van der Waals surface area contributed by atoms with Crippen LogP contribution in [0.2, 0.25) is 5.02 Å². The van der Waals surface area contributed by atoms with Gasteiger partial charge in [0.2, 0.25) is 0 Å². The quantitative estimate of drug-likeness (QED) is 0.608. The monoisotopic (exact) mass is 263 g/mol. The number of halogens is 2. The van der Waals surface area contributed by atoms with Gasteiger partial charge in [0.05, 0.1) is 12.1 Å². The zero-order valence-corrected chi connectivity index (χ0v) is 9.22. The van der Waals surface area contributed by atoms with E-state index in [4.69, 9.17) is 11.6 Å². The fraction of sp³-hybridized carbons (Fsp3) is 0.250. The maximum atomic E-state index is 11.2. The van der Waals surface area contributed by atoms with Gasteiger partial charge in [-0.3, -0.25) is 0 Å². The molecule has 0 saturated heterocycles. The van der Waals surface area contributed by atoms with Gasteiger partial charge in [0.15, 0.2) is 5.69 Å². The predicted molar refractivity (Wildman–Crippen MR) is 53.2 cm³/mol. The first kappa shape index (κ1) is 10.5. The Hall–Kier alpha value is -0.610. The van der Waals surface area contributed by atoms with Gasteiger partial charge in [0, 0.05) is 11.5 Å². The minimum Gasteiger partial charge on any atom is -0.464 e. The second kappa shape index (κ2) is 4.58. The van der Waals surface area contributed by atoms with Crippen LogP contribution < -0.4 is 0 Å². The number of aromatic nitrogens is 1. The Morgan fingerprint density at radius 3 is 3.00 bits per heavy atom. The second-order valence-corrected chi connectivity index (χ2v) is 3.28. The van der Waals surface area contributed by atoms with Gasteiger partial charge in [-0.05, 0) is 11.6 Å². The van der Waals surface area contributed by atoms with Gasteiger partial charge in [0.25, 0.3) is 0 Å². The van der Waals surface area contributed by atoms with Crippen molar-refractivity contribution in [2.45, 2.75) is 5.33 Å². The van der Waals surface area contributed by atoms with E-state index < -0.39 is 5.97 Å². The van der Waals surface area contributed by atoms with Gasteiger partial charge < -0.3 is 4.74 Å². The summed E-state index contributed by atoms with van der Waals surface area (Å²) in [5.41, 5.74) is 1.02. The normalized spacial score (nSPS) is 9.77. The van der Waals surface area contributed by atoms with Crippen molar-refractivity contribution in [1.82, 2.24) is 4.98 Å². The number of alkyl halides is 1. The second-order valence-electron chi connectivity index (χ2n) is 2.29. The van der Waals surface area contributed by atoms with E-state index in [0.29, 0.717) is 16.0 Å². The predicted octanol–water partition coefficient (Wildman–Crippen LogP) is 2.42. The average molecular weight is 265 g/mol. The van der Waals surface area contributed by atoms with E-state index in [9.17, 15) is 4.79 Å². The molecule has 3 nitrogen and oxygen atoms in total. The average Bonchev–Trinajstić information content (AvgIpc) is 2.16. The van der Waals surface area contributed by atoms with Crippen molar-refractivity contribution >= 4 is 33.5 Å². The summed E-state index contributed by atoms with van der Waals surface area (Å²) >= 11 is 8.94. The lowest BCUT2D eigenvalue weighted by Crippen LogP contribution is -2.07. The number of hydrogen-bond donors (Lipinski definition) is 0. The van der Waals surface area contributed by atoms with Gasteiger partial charge in [-0.25, -0.2) is 9.78 Å². The van der Waals surface area contributed by atoms with Crippen LogP contribution in [-0.2, 0) is 10.1 Å². The van der Waals surface area contributed by atoms with E-state index in [1.165, 1.54) is 13.3 Å². The fourth-order valence-electron chi connectivity index (χ4n) is 0.864. The Kier molecular flexibility index (Phi) is 3.69. The highest BCUT2D eigenvalue weighted by Gasteiger charge is 2.12. The lowest BCUT2D eigenvalue weighted by Gasteiger charge is -2.03. The molecule has 0 saturated carbocycles. The van der Waals surface area contributed by atoms with E-state index in [1.54, 1.807) is 6.07 Å². The van der Waals surface area contributed by atoms with Crippen LogP contribution in [0.5, 0.6) is 0 Å². The maximum absolute atomic E-state index is 11.2. The molecule has 70 valence electrons. The van der Waals surface area contributed by atoms with Crippen LogP contribution in [-0.4, -0.2) is 18.1 Å². The molecule has 0 aromatic carbocycles. The molecule has 0 aliphatic rings. The Morgan fingerprint density at radius 1 is 1.77 bits per heavy atom. The highest BCUT2D eigenvalue weighted by molar-refractivity contribution is 9.08. The summed E-state index contributed by atoms with van der Waals surface area (Å²) in [7, 11) is 1.32. The molecule has 0 unspecified atom stereocenters. The van der Waals surface area contributed by atoms with Gasteiger partial charge in [0.1, 0.15) is 0 Å². The van der Waals surface area contributed by atoms with Crippen molar-refractivity contribution in [3.63, 3.8) is 0 Å². The van der Waals surface area contributed by atoms with E-state index in [2.05, 4.69) is 25.7 Å². The summed E-state index contributed by atoms with van der Waals surface area (Å²) in [6, 6.07) is 1.68. The van der Waals surface area contributed by atoms with Gasteiger partial charge >= 0.3 is 5.97 Å². The van der Waals surface area contributed by atoms with Crippen molar-refractivity contribution in [2.75, 3.05) is 7.11 Å². The van der Waals surface area contributed by atoms with E-state index in [0.717, 1.165) is 5.56 Å². The zero-order chi connectivity index (χ0) is 9.84. The van der Waals surface area contributed by atoms with Gasteiger partial charge in [-0.2, -0.15) is 0 Å². The van der Waals surface area contributed by atoms with Crippen LogP contribution in [0.25, 0.3) is 0 Å². The number of carbonyl (C=O) groups is 1. The number of pyridine rings is 1. The van der Waals surface area contributed by atoms with Crippen molar-refractivity contribution < 1.29 is 9.53 Å². The Labute approximate surface area is 89.2 Å². The molecule has 0 spiro atoms. The van der Waals surface area contributed by atoms with Crippen molar-refractivity contribution in [3.8, 4) is 0 Å². The molecule has 0 aliphatic carbocycles. The first-order chi connectivity index (χ1) is 6.19. The lowest BCUT2D eigenvalue weighted by molar-refractivity contribution is 0.0593. The zero-order valence-electron chi connectivity index (χ0n) is 6.88. The van der Waals surface area contributed by atoms with E-state index in [-0.39, 0.29) is 0 Å². The third kappa shape index (κ3) is 2.42. The summed E-state index contributed by atoms with van der Waals surface area (Å²) in [4.78, 5) is 15.0. The van der Waals surface area contributed by atoms with Crippen LogP contribution in [0.1, 0.15) is 16.1 Å². The van der Waals surface area contributed by atoms with E-state index in [1.807, 2.05) is 0 Å². The molecular weight excluding hydrogens is 257 g/mol. The van der Waals surface area contributed by atoms with E-state index >= 15 is 0 Å². The summed E-state index contributed by atoms with van der Waals surface area (Å²) in [5, 5.41) is 1.02. The topological polar surface area (TPSA) is 39.2 Å². The lowest BCUT2D eigenvalue weighted by atomic mass is 10.2. The molecule has 1 rings (SSSR count). The molecule has 1 aromatic heterocycles. The van der Waals surface area contributed by atoms with Crippen LogP contribution in [0.15, 0.2) is 12.3 Å². The molecule has 0 aliphatic heterocycles. The number of hydrogen-bond acceptors (Lipinski definition) is 3. The van der Waals surface area contributed by atoms with Crippen molar-refractivity contribution in [3.05, 3.63) is 28.5 Å². The highest BCUT2D eigenvalue weighted by atomic mass is 79.9. The smallest absolute Gasteiger partial charge is 0.356 e. The summed E-state index contributed by atoms with van der Waals surface area (Å²) < 4.78 is 4.55. The Bertz CT molecular complexity index is 330. The largest absolute Gasteiger partial charge is 0.464 e. The van der Waals surface area contributed by atoms with Crippen LogP contribution in [0.3, 0.4) is 0 Å². The first-order valence-corrected chi connectivity index (χ1v) is 4.97. The molecule has 0 radical (unpaired) electrons.